The van der Waals surface area contributed by atoms with Crippen molar-refractivity contribution in [1.82, 2.24) is 5.32 Å². The quantitative estimate of drug-likeness (QED) is 0.890. The topological polar surface area (TPSA) is 41.6 Å². The molecule has 0 aliphatic carbocycles. The molecule has 0 bridgehead atoms. The fourth-order valence-electron chi connectivity index (χ4n) is 2.72. The van der Waals surface area contributed by atoms with Gasteiger partial charge in [0.25, 0.3) is 0 Å². The van der Waals surface area contributed by atoms with Crippen LogP contribution in [-0.4, -0.2) is 32.3 Å². The second kappa shape index (κ2) is 5.95. The van der Waals surface area contributed by atoms with E-state index in [1.54, 1.807) is 0 Å². The molecule has 4 heteroatoms. The fraction of sp³-hybridized carbons (Fsp3) is 0.533. The number of anilines is 1. The average molecular weight is 262 g/mol. The molecule has 2 unspecified atom stereocenters. The number of rotatable bonds is 2. The van der Waals surface area contributed by atoms with Gasteiger partial charge in [0.1, 0.15) is 0 Å². The largest absolute Gasteiger partial charge is 0.453 e. The molecule has 1 amide bonds. The number of nitrogens with zero attached hydrogens (tertiary/aromatic N) is 1. The number of methoxy groups -OCH3 is 1. The standard InChI is InChI=1S/C15H22N2O2/c1-11-5-4-6-14(8-11)17-9-12(2)7-13(10-17)16-15(18)19-3/h4-6,8,12-13H,7,9-10H2,1-3H3,(H,16,18). The van der Waals surface area contributed by atoms with E-state index in [4.69, 9.17) is 0 Å². The van der Waals surface area contributed by atoms with Gasteiger partial charge in [-0.3, -0.25) is 0 Å². The van der Waals surface area contributed by atoms with Crippen LogP contribution >= 0.6 is 0 Å². The number of aryl methyl sites for hydroxylation is 1. The lowest BCUT2D eigenvalue weighted by Gasteiger charge is -2.38. The Balaban J connectivity index is 2.07. The smallest absolute Gasteiger partial charge is 0.407 e. The van der Waals surface area contributed by atoms with Crippen LogP contribution in [0.5, 0.6) is 0 Å². The molecule has 1 aromatic carbocycles. The molecule has 0 spiro atoms. The van der Waals surface area contributed by atoms with E-state index < -0.39 is 0 Å². The number of hydrogen-bond acceptors (Lipinski definition) is 3. The number of hydrogen-bond donors (Lipinski definition) is 1. The van der Waals surface area contributed by atoms with Crippen LogP contribution in [0.1, 0.15) is 18.9 Å². The Kier molecular flexibility index (Phi) is 4.30. The van der Waals surface area contributed by atoms with E-state index in [0.717, 1.165) is 19.5 Å². The summed E-state index contributed by atoms with van der Waals surface area (Å²) < 4.78 is 4.68. The summed E-state index contributed by atoms with van der Waals surface area (Å²) >= 11 is 0. The first-order valence-electron chi connectivity index (χ1n) is 6.74. The molecule has 0 saturated carbocycles. The number of benzene rings is 1. The minimum Gasteiger partial charge on any atom is -0.453 e. The van der Waals surface area contributed by atoms with Crippen molar-refractivity contribution in [2.45, 2.75) is 26.3 Å². The van der Waals surface area contributed by atoms with Crippen molar-refractivity contribution in [2.75, 3.05) is 25.1 Å². The lowest BCUT2D eigenvalue weighted by atomic mass is 9.95. The highest BCUT2D eigenvalue weighted by Gasteiger charge is 2.26. The average Bonchev–Trinajstić information content (AvgIpc) is 2.38. The Morgan fingerprint density at radius 2 is 2.21 bits per heavy atom. The van der Waals surface area contributed by atoms with E-state index in [0.29, 0.717) is 5.92 Å². The molecule has 0 aromatic heterocycles. The highest BCUT2D eigenvalue weighted by Crippen LogP contribution is 2.23. The van der Waals surface area contributed by atoms with E-state index in [1.165, 1.54) is 18.4 Å². The van der Waals surface area contributed by atoms with Gasteiger partial charge in [-0.25, -0.2) is 4.79 Å². The lowest BCUT2D eigenvalue weighted by molar-refractivity contribution is 0.163. The summed E-state index contributed by atoms with van der Waals surface area (Å²) in [5.41, 5.74) is 2.48. The van der Waals surface area contributed by atoms with Crippen molar-refractivity contribution in [3.05, 3.63) is 29.8 Å². The van der Waals surface area contributed by atoms with Gasteiger partial charge in [-0.05, 0) is 37.0 Å². The molecule has 19 heavy (non-hydrogen) atoms. The predicted molar refractivity (Wildman–Crippen MR) is 76.5 cm³/mol. The Bertz CT molecular complexity index is 448. The van der Waals surface area contributed by atoms with Gasteiger partial charge in [-0.2, -0.15) is 0 Å². The van der Waals surface area contributed by atoms with Gasteiger partial charge in [0, 0.05) is 24.8 Å². The fourth-order valence-corrected chi connectivity index (χ4v) is 2.72. The second-order valence-corrected chi connectivity index (χ2v) is 5.42. The number of carbonyl (C=O) groups excluding carboxylic acids is 1. The van der Waals surface area contributed by atoms with Gasteiger partial charge in [0.05, 0.1) is 7.11 Å². The van der Waals surface area contributed by atoms with E-state index in [-0.39, 0.29) is 12.1 Å². The maximum atomic E-state index is 11.3. The monoisotopic (exact) mass is 262 g/mol. The zero-order valence-corrected chi connectivity index (χ0v) is 11.8. The Morgan fingerprint density at radius 3 is 2.89 bits per heavy atom. The molecule has 2 rings (SSSR count). The molecule has 104 valence electrons. The number of ether oxygens (including phenoxy) is 1. The molecular formula is C15H22N2O2. The third-order valence-electron chi connectivity index (χ3n) is 3.53. The van der Waals surface area contributed by atoms with Crippen LogP contribution in [0, 0.1) is 12.8 Å². The molecule has 1 aromatic rings. The van der Waals surface area contributed by atoms with Crippen molar-refractivity contribution in [3.63, 3.8) is 0 Å². The Morgan fingerprint density at radius 1 is 1.42 bits per heavy atom. The van der Waals surface area contributed by atoms with Gasteiger partial charge in [-0.15, -0.1) is 0 Å². The summed E-state index contributed by atoms with van der Waals surface area (Å²) in [7, 11) is 1.40. The van der Waals surface area contributed by atoms with E-state index in [1.807, 2.05) is 0 Å². The van der Waals surface area contributed by atoms with Crippen LogP contribution in [0.3, 0.4) is 0 Å². The number of alkyl carbamates (subject to hydrolysis) is 1. The first-order chi connectivity index (χ1) is 9.08. The lowest BCUT2D eigenvalue weighted by Crippen LogP contribution is -2.50. The highest BCUT2D eigenvalue weighted by atomic mass is 16.5. The normalized spacial score (nSPS) is 23.0. The molecule has 2 atom stereocenters. The van der Waals surface area contributed by atoms with Gasteiger partial charge < -0.3 is 15.0 Å². The Labute approximate surface area is 114 Å². The first kappa shape index (κ1) is 13.7. The van der Waals surface area contributed by atoms with Crippen molar-refractivity contribution in [1.29, 1.82) is 0 Å². The maximum Gasteiger partial charge on any atom is 0.407 e. The molecule has 1 aliphatic heterocycles. The van der Waals surface area contributed by atoms with Crippen LogP contribution in [-0.2, 0) is 4.74 Å². The van der Waals surface area contributed by atoms with Gasteiger partial charge in [0.15, 0.2) is 0 Å². The Hall–Kier alpha value is -1.71. The van der Waals surface area contributed by atoms with Crippen LogP contribution in [0.15, 0.2) is 24.3 Å². The third kappa shape index (κ3) is 3.63. The summed E-state index contributed by atoms with van der Waals surface area (Å²) in [4.78, 5) is 13.7. The molecule has 1 fully saturated rings. The summed E-state index contributed by atoms with van der Waals surface area (Å²) in [6.45, 7) is 6.18. The predicted octanol–water partition coefficient (Wildman–Crippen LogP) is 2.57. The van der Waals surface area contributed by atoms with E-state index in [2.05, 4.69) is 53.1 Å². The van der Waals surface area contributed by atoms with Crippen molar-refractivity contribution in [3.8, 4) is 0 Å². The van der Waals surface area contributed by atoms with Crippen molar-refractivity contribution in [2.24, 2.45) is 5.92 Å². The number of piperidine rings is 1. The second-order valence-electron chi connectivity index (χ2n) is 5.42. The van der Waals surface area contributed by atoms with Gasteiger partial charge >= 0.3 is 6.09 Å². The third-order valence-corrected chi connectivity index (χ3v) is 3.53. The highest BCUT2D eigenvalue weighted by molar-refractivity contribution is 5.67. The molecule has 1 saturated heterocycles. The number of carbonyl (C=O) groups is 1. The summed E-state index contributed by atoms with van der Waals surface area (Å²) in [6, 6.07) is 8.64. The van der Waals surface area contributed by atoms with E-state index >= 15 is 0 Å². The molecule has 1 heterocycles. The SMILES string of the molecule is COC(=O)NC1CC(C)CN(c2cccc(C)c2)C1. The zero-order valence-electron chi connectivity index (χ0n) is 11.8. The molecular weight excluding hydrogens is 240 g/mol. The summed E-state index contributed by atoms with van der Waals surface area (Å²) in [5, 5.41) is 2.91. The molecule has 1 aliphatic rings. The molecule has 1 N–H and O–H groups in total. The van der Waals surface area contributed by atoms with Crippen LogP contribution in [0.25, 0.3) is 0 Å². The van der Waals surface area contributed by atoms with Crippen molar-refractivity contribution >= 4 is 11.8 Å². The minimum atomic E-state index is -0.344. The van der Waals surface area contributed by atoms with Gasteiger partial charge in [-0.1, -0.05) is 19.1 Å². The van der Waals surface area contributed by atoms with Gasteiger partial charge in [0.2, 0.25) is 0 Å². The summed E-state index contributed by atoms with van der Waals surface area (Å²) in [5.74, 6) is 0.552. The van der Waals surface area contributed by atoms with Crippen molar-refractivity contribution < 1.29 is 9.53 Å². The van der Waals surface area contributed by atoms with E-state index in [9.17, 15) is 4.79 Å². The molecule has 4 nitrogen and oxygen atoms in total. The van der Waals surface area contributed by atoms with Crippen LogP contribution in [0.2, 0.25) is 0 Å². The zero-order chi connectivity index (χ0) is 13.8. The van der Waals surface area contributed by atoms with Crippen LogP contribution in [0.4, 0.5) is 10.5 Å². The van der Waals surface area contributed by atoms with Crippen LogP contribution < -0.4 is 10.2 Å². The number of amides is 1. The minimum absolute atomic E-state index is 0.150. The summed E-state index contributed by atoms with van der Waals surface area (Å²) in [6.07, 6.45) is 0.653. The maximum absolute atomic E-state index is 11.3. The number of nitrogens with one attached hydrogen (secondary N) is 1. The first-order valence-corrected chi connectivity index (χ1v) is 6.74. The molecule has 0 radical (unpaired) electrons.